The minimum atomic E-state index is -0.0870. The summed E-state index contributed by atoms with van der Waals surface area (Å²) in [4.78, 5) is 23.5. The largest absolute Gasteiger partial charge is 0.348 e. The van der Waals surface area contributed by atoms with Gasteiger partial charge >= 0.3 is 0 Å². The molecule has 0 heterocycles. The number of hydrogen-bond acceptors (Lipinski definition) is 4. The Labute approximate surface area is 151 Å². The number of rotatable bonds is 14. The van der Waals surface area contributed by atoms with Gasteiger partial charge in [0.1, 0.15) is 0 Å². The first-order valence-electron chi connectivity index (χ1n) is 9.51. The number of hydrogen-bond donors (Lipinski definition) is 4. The molecule has 0 saturated heterocycles. The summed E-state index contributed by atoms with van der Waals surface area (Å²) in [6.45, 7) is 1.45. The van der Waals surface area contributed by atoms with E-state index in [0.29, 0.717) is 0 Å². The zero-order valence-electron chi connectivity index (χ0n) is 15.2. The molecule has 0 aromatic carbocycles. The number of unbranched alkanes of at least 4 members (excludes halogenated alkanes) is 6. The van der Waals surface area contributed by atoms with Crippen molar-refractivity contribution in [1.82, 2.24) is 10.6 Å². The summed E-state index contributed by atoms with van der Waals surface area (Å²) in [5.41, 5.74) is 10.9. The molecule has 0 spiro atoms. The summed E-state index contributed by atoms with van der Waals surface area (Å²) >= 11 is 0. The summed E-state index contributed by atoms with van der Waals surface area (Å²) in [6.07, 6.45) is 15.9. The summed E-state index contributed by atoms with van der Waals surface area (Å²) < 4.78 is 0. The van der Waals surface area contributed by atoms with Crippen molar-refractivity contribution in [2.75, 3.05) is 13.1 Å². The van der Waals surface area contributed by atoms with Gasteiger partial charge in [-0.15, -0.1) is 0 Å². The fourth-order valence-electron chi connectivity index (χ4n) is 2.52. The molecule has 1 fully saturated rings. The highest BCUT2D eigenvalue weighted by Gasteiger charge is 2.38. The van der Waals surface area contributed by atoms with Crippen LogP contribution in [0, 0.1) is 0 Å². The Morgan fingerprint density at radius 3 is 1.60 bits per heavy atom. The van der Waals surface area contributed by atoms with E-state index in [-0.39, 0.29) is 23.9 Å². The van der Waals surface area contributed by atoms with Crippen molar-refractivity contribution in [3.63, 3.8) is 0 Å². The summed E-state index contributed by atoms with van der Waals surface area (Å²) in [7, 11) is 0. The molecule has 25 heavy (non-hydrogen) atoms. The van der Waals surface area contributed by atoms with Gasteiger partial charge in [0.25, 0.3) is 0 Å². The van der Waals surface area contributed by atoms with E-state index < -0.39 is 0 Å². The zero-order valence-corrected chi connectivity index (χ0v) is 15.2. The van der Waals surface area contributed by atoms with Crippen LogP contribution in [0.3, 0.4) is 0 Å². The van der Waals surface area contributed by atoms with E-state index in [0.717, 1.165) is 70.9 Å². The van der Waals surface area contributed by atoms with E-state index in [2.05, 4.69) is 10.6 Å². The minimum Gasteiger partial charge on any atom is -0.348 e. The van der Waals surface area contributed by atoms with Crippen LogP contribution in [0.15, 0.2) is 24.3 Å². The molecular weight excluding hydrogens is 316 g/mol. The second-order valence-corrected chi connectivity index (χ2v) is 6.55. The predicted molar refractivity (Wildman–Crippen MR) is 102 cm³/mol. The molecule has 2 amide bonds. The molecule has 1 saturated carbocycles. The van der Waals surface area contributed by atoms with Gasteiger partial charge in [-0.1, -0.05) is 25.0 Å². The molecule has 0 radical (unpaired) electrons. The van der Waals surface area contributed by atoms with E-state index in [9.17, 15) is 9.59 Å². The van der Waals surface area contributed by atoms with Crippen molar-refractivity contribution < 1.29 is 9.59 Å². The second-order valence-electron chi connectivity index (χ2n) is 6.55. The van der Waals surface area contributed by atoms with Crippen LogP contribution in [0.4, 0.5) is 0 Å². The maximum absolute atomic E-state index is 11.8. The fourth-order valence-corrected chi connectivity index (χ4v) is 2.52. The first-order valence-corrected chi connectivity index (χ1v) is 9.51. The van der Waals surface area contributed by atoms with Gasteiger partial charge in [0, 0.05) is 0 Å². The van der Waals surface area contributed by atoms with Crippen molar-refractivity contribution in [2.45, 2.75) is 69.9 Å². The van der Waals surface area contributed by atoms with Crippen LogP contribution in [0.5, 0.6) is 0 Å². The van der Waals surface area contributed by atoms with Crippen LogP contribution in [-0.4, -0.2) is 37.0 Å². The van der Waals surface area contributed by atoms with E-state index in [1.54, 1.807) is 12.2 Å². The van der Waals surface area contributed by atoms with Crippen LogP contribution >= 0.6 is 0 Å². The van der Waals surface area contributed by atoms with Crippen LogP contribution in [0.1, 0.15) is 57.8 Å². The highest BCUT2D eigenvalue weighted by atomic mass is 16.2. The SMILES string of the molecule is NCCCCC/C=C/C(=O)N[C@@H]1C[C@H]1NC(=O)/C=C/CCCCCN. The Kier molecular flexibility index (Phi) is 11.6. The van der Waals surface area contributed by atoms with Crippen molar-refractivity contribution in [3.05, 3.63) is 24.3 Å². The molecule has 1 rings (SSSR count). The van der Waals surface area contributed by atoms with Crippen LogP contribution < -0.4 is 22.1 Å². The van der Waals surface area contributed by atoms with Crippen molar-refractivity contribution in [1.29, 1.82) is 0 Å². The Balaban J connectivity index is 2.06. The topological polar surface area (TPSA) is 110 Å². The summed E-state index contributed by atoms with van der Waals surface area (Å²) in [5, 5.41) is 5.81. The molecule has 0 aromatic rings. The minimum absolute atomic E-state index is 0.0521. The third kappa shape index (κ3) is 11.5. The number of carbonyl (C=O) groups is 2. The van der Waals surface area contributed by atoms with E-state index in [1.807, 2.05) is 12.2 Å². The van der Waals surface area contributed by atoms with Gasteiger partial charge in [0.2, 0.25) is 11.8 Å². The lowest BCUT2D eigenvalue weighted by Crippen LogP contribution is -2.33. The molecule has 0 bridgehead atoms. The average Bonchev–Trinajstić information content (AvgIpc) is 3.31. The van der Waals surface area contributed by atoms with Gasteiger partial charge in [-0.2, -0.15) is 0 Å². The van der Waals surface area contributed by atoms with Crippen LogP contribution in [0.2, 0.25) is 0 Å². The van der Waals surface area contributed by atoms with Gasteiger partial charge in [-0.3, -0.25) is 9.59 Å². The maximum Gasteiger partial charge on any atom is 0.243 e. The van der Waals surface area contributed by atoms with Gasteiger partial charge in [-0.05, 0) is 70.2 Å². The normalized spacial score (nSPS) is 19.4. The van der Waals surface area contributed by atoms with Gasteiger partial charge < -0.3 is 22.1 Å². The number of carbonyl (C=O) groups excluding carboxylic acids is 2. The van der Waals surface area contributed by atoms with Crippen LogP contribution in [-0.2, 0) is 9.59 Å². The lowest BCUT2D eigenvalue weighted by atomic mass is 10.2. The molecular formula is C19H34N4O2. The summed E-state index contributed by atoms with van der Waals surface area (Å²) in [6, 6.07) is 0.104. The Morgan fingerprint density at radius 2 is 1.20 bits per heavy atom. The third-order valence-electron chi connectivity index (χ3n) is 4.13. The number of allylic oxidation sites excluding steroid dienone is 2. The molecule has 2 atom stereocenters. The maximum atomic E-state index is 11.8. The first-order chi connectivity index (χ1) is 12.2. The number of amides is 2. The molecule has 6 nitrogen and oxygen atoms in total. The molecule has 6 N–H and O–H groups in total. The van der Waals surface area contributed by atoms with E-state index in [4.69, 9.17) is 11.5 Å². The van der Waals surface area contributed by atoms with Crippen LogP contribution in [0.25, 0.3) is 0 Å². The van der Waals surface area contributed by atoms with Gasteiger partial charge in [0.15, 0.2) is 0 Å². The average molecular weight is 351 g/mol. The van der Waals surface area contributed by atoms with Gasteiger partial charge in [0.05, 0.1) is 12.1 Å². The number of nitrogens with one attached hydrogen (secondary N) is 2. The quantitative estimate of drug-likeness (QED) is 0.281. The molecule has 1 aliphatic carbocycles. The fraction of sp³-hybridized carbons (Fsp3) is 0.684. The van der Waals surface area contributed by atoms with Crippen molar-refractivity contribution in [2.24, 2.45) is 11.5 Å². The molecule has 6 heteroatoms. The molecule has 0 unspecified atom stereocenters. The lowest BCUT2D eigenvalue weighted by Gasteiger charge is -2.02. The van der Waals surface area contributed by atoms with E-state index >= 15 is 0 Å². The molecule has 0 aromatic heterocycles. The molecule has 0 aliphatic heterocycles. The first kappa shape index (κ1) is 21.4. The molecule has 1 aliphatic rings. The predicted octanol–water partition coefficient (Wildman–Crippen LogP) is 1.51. The van der Waals surface area contributed by atoms with E-state index in [1.165, 1.54) is 0 Å². The second kappa shape index (κ2) is 13.6. The summed E-state index contributed by atoms with van der Waals surface area (Å²) in [5.74, 6) is -0.174. The molecule has 142 valence electrons. The Morgan fingerprint density at radius 1 is 0.760 bits per heavy atom. The van der Waals surface area contributed by atoms with Gasteiger partial charge in [-0.25, -0.2) is 0 Å². The standard InChI is InChI=1S/C19H34N4O2/c20-13-9-5-1-3-7-11-18(24)22-16-15-17(16)23-19(25)12-8-4-2-6-10-14-21/h7-8,11-12,16-17H,1-6,9-10,13-15,20-21H2,(H,22,24)(H,23,25)/b11-7+,12-8+/t16-,17-/m1/s1. The van der Waals surface area contributed by atoms with Crippen molar-refractivity contribution >= 4 is 11.8 Å². The highest BCUT2D eigenvalue weighted by Crippen LogP contribution is 2.21. The third-order valence-corrected chi connectivity index (χ3v) is 4.13. The smallest absolute Gasteiger partial charge is 0.243 e. The lowest BCUT2D eigenvalue weighted by molar-refractivity contribution is -0.118. The van der Waals surface area contributed by atoms with Crippen molar-refractivity contribution in [3.8, 4) is 0 Å². The Hall–Kier alpha value is -1.66. The monoisotopic (exact) mass is 350 g/mol. The zero-order chi connectivity index (χ0) is 18.3. The Bertz CT molecular complexity index is 409. The highest BCUT2D eigenvalue weighted by molar-refractivity contribution is 5.89. The number of nitrogens with two attached hydrogens (primary N) is 2.